The summed E-state index contributed by atoms with van der Waals surface area (Å²) in [6.45, 7) is 0. The van der Waals surface area contributed by atoms with Gasteiger partial charge in [0.25, 0.3) is 0 Å². The molecule has 2 aromatic heterocycles. The molecule has 28 heavy (non-hydrogen) atoms. The van der Waals surface area contributed by atoms with Crippen LogP contribution < -0.4 is 0 Å². The van der Waals surface area contributed by atoms with Crippen LogP contribution in [0.25, 0.3) is 17.1 Å². The summed E-state index contributed by atoms with van der Waals surface area (Å²) in [4.78, 5) is 4.19. The molecule has 140 valence electrons. The van der Waals surface area contributed by atoms with Crippen LogP contribution in [0, 0.1) is 0 Å². The van der Waals surface area contributed by atoms with Crippen molar-refractivity contribution in [2.75, 3.05) is 0 Å². The van der Waals surface area contributed by atoms with Gasteiger partial charge in [-0.3, -0.25) is 9.55 Å². The lowest BCUT2D eigenvalue weighted by atomic mass is 10.2. The molecule has 4 nitrogen and oxygen atoms in total. The fourth-order valence-electron chi connectivity index (χ4n) is 2.68. The fourth-order valence-corrected chi connectivity index (χ4v) is 4.08. The maximum absolute atomic E-state index is 6.25. The summed E-state index contributed by atoms with van der Waals surface area (Å²) in [6.07, 6.45) is 3.47. The number of hydrogen-bond acceptors (Lipinski definition) is 4. The molecule has 0 amide bonds. The zero-order chi connectivity index (χ0) is 19.5. The number of aromatic nitrogens is 4. The normalized spacial score (nSPS) is 11.0. The maximum Gasteiger partial charge on any atom is 0.196 e. The van der Waals surface area contributed by atoms with Crippen LogP contribution in [-0.4, -0.2) is 19.7 Å². The van der Waals surface area contributed by atoms with Crippen molar-refractivity contribution in [1.29, 1.82) is 0 Å². The Bertz CT molecular complexity index is 1120. The average molecular weight is 448 g/mol. The van der Waals surface area contributed by atoms with E-state index in [1.165, 1.54) is 0 Å². The Labute approximate surface area is 181 Å². The monoisotopic (exact) mass is 446 g/mol. The van der Waals surface area contributed by atoms with Crippen molar-refractivity contribution in [2.24, 2.45) is 0 Å². The largest absolute Gasteiger partial charge is 0.270 e. The van der Waals surface area contributed by atoms with E-state index >= 15 is 0 Å². The quantitative estimate of drug-likeness (QED) is 0.324. The molecule has 0 saturated heterocycles. The standard InChI is InChI=1S/C20H13Cl3N4S/c21-15-5-1-3-13(9-15)12-28-20-26-25-19(14-4-2-8-24-11-14)27(20)16-6-7-17(22)18(23)10-16/h1-11H,12H2. The Morgan fingerprint density at radius 3 is 2.54 bits per heavy atom. The minimum atomic E-state index is 0.468. The van der Waals surface area contributed by atoms with Gasteiger partial charge >= 0.3 is 0 Å². The molecule has 0 spiro atoms. The zero-order valence-corrected chi connectivity index (χ0v) is 17.5. The van der Waals surface area contributed by atoms with E-state index in [-0.39, 0.29) is 0 Å². The molecule has 2 aromatic carbocycles. The number of nitrogens with zero attached hydrogens (tertiary/aromatic N) is 4. The van der Waals surface area contributed by atoms with E-state index in [0.717, 1.165) is 22.0 Å². The van der Waals surface area contributed by atoms with Gasteiger partial charge in [0.05, 0.1) is 15.7 Å². The molecule has 2 heterocycles. The summed E-state index contributed by atoms with van der Waals surface area (Å²) < 4.78 is 1.95. The Morgan fingerprint density at radius 1 is 0.893 bits per heavy atom. The minimum absolute atomic E-state index is 0.468. The molecule has 0 radical (unpaired) electrons. The Balaban J connectivity index is 1.75. The van der Waals surface area contributed by atoms with Crippen molar-refractivity contribution >= 4 is 46.6 Å². The van der Waals surface area contributed by atoms with Crippen LogP contribution in [0.2, 0.25) is 15.1 Å². The van der Waals surface area contributed by atoms with Gasteiger partial charge in [0.2, 0.25) is 0 Å². The van der Waals surface area contributed by atoms with E-state index in [9.17, 15) is 0 Å². The number of hydrogen-bond donors (Lipinski definition) is 0. The summed E-state index contributed by atoms with van der Waals surface area (Å²) in [7, 11) is 0. The zero-order valence-electron chi connectivity index (χ0n) is 14.4. The first-order valence-electron chi connectivity index (χ1n) is 8.30. The van der Waals surface area contributed by atoms with E-state index in [1.807, 2.05) is 47.0 Å². The van der Waals surface area contributed by atoms with Crippen molar-refractivity contribution < 1.29 is 0 Å². The van der Waals surface area contributed by atoms with Gasteiger partial charge in [0, 0.05) is 28.7 Å². The second kappa shape index (κ2) is 8.53. The van der Waals surface area contributed by atoms with Crippen LogP contribution in [-0.2, 0) is 5.75 Å². The predicted molar refractivity (Wildman–Crippen MR) is 116 cm³/mol. The predicted octanol–water partition coefficient (Wildman–Crippen LogP) is 6.58. The lowest BCUT2D eigenvalue weighted by molar-refractivity contribution is 0.886. The average Bonchev–Trinajstić information content (AvgIpc) is 3.13. The van der Waals surface area contributed by atoms with Gasteiger partial charge in [-0.05, 0) is 48.0 Å². The molecule has 0 bridgehead atoms. The summed E-state index contributed by atoms with van der Waals surface area (Å²) in [5.74, 6) is 1.38. The van der Waals surface area contributed by atoms with Gasteiger partial charge in [-0.15, -0.1) is 10.2 Å². The van der Waals surface area contributed by atoms with Gasteiger partial charge in [0.15, 0.2) is 11.0 Å². The second-order valence-corrected chi connectivity index (χ2v) is 8.09. The molecule has 4 rings (SSSR count). The second-order valence-electron chi connectivity index (χ2n) is 5.90. The molecule has 8 heteroatoms. The number of halogens is 3. The summed E-state index contributed by atoms with van der Waals surface area (Å²) in [5.41, 5.74) is 2.78. The third-order valence-corrected chi connectivity index (χ3v) is 5.95. The highest BCUT2D eigenvalue weighted by atomic mass is 35.5. The third-order valence-electron chi connectivity index (χ3n) is 3.97. The van der Waals surface area contributed by atoms with E-state index in [1.54, 1.807) is 36.3 Å². The fraction of sp³-hybridized carbons (Fsp3) is 0.0500. The molecule has 0 aliphatic carbocycles. The number of pyridine rings is 1. The molecular formula is C20H13Cl3N4S. The van der Waals surface area contributed by atoms with Crippen molar-refractivity contribution in [3.63, 3.8) is 0 Å². The van der Waals surface area contributed by atoms with E-state index in [2.05, 4.69) is 15.2 Å². The van der Waals surface area contributed by atoms with Gasteiger partial charge in [-0.1, -0.05) is 58.7 Å². The highest BCUT2D eigenvalue weighted by Gasteiger charge is 2.17. The lowest BCUT2D eigenvalue weighted by Gasteiger charge is -2.11. The van der Waals surface area contributed by atoms with Crippen LogP contribution in [0.5, 0.6) is 0 Å². The number of rotatable bonds is 5. The highest BCUT2D eigenvalue weighted by Crippen LogP contribution is 2.32. The van der Waals surface area contributed by atoms with Gasteiger partial charge in [-0.25, -0.2) is 0 Å². The molecule has 0 fully saturated rings. The van der Waals surface area contributed by atoms with Crippen LogP contribution in [0.1, 0.15) is 5.56 Å². The SMILES string of the molecule is Clc1cccc(CSc2nnc(-c3cccnc3)n2-c2ccc(Cl)c(Cl)c2)c1. The Kier molecular flexibility index (Phi) is 5.87. The van der Waals surface area contributed by atoms with Crippen LogP contribution in [0.15, 0.2) is 72.1 Å². The molecular weight excluding hydrogens is 435 g/mol. The van der Waals surface area contributed by atoms with Crippen molar-refractivity contribution in [1.82, 2.24) is 19.7 Å². The number of benzene rings is 2. The molecule has 0 aliphatic heterocycles. The van der Waals surface area contributed by atoms with Crippen molar-refractivity contribution in [3.05, 3.63) is 87.6 Å². The van der Waals surface area contributed by atoms with E-state index < -0.39 is 0 Å². The lowest BCUT2D eigenvalue weighted by Crippen LogP contribution is -2.00. The van der Waals surface area contributed by atoms with Crippen molar-refractivity contribution in [3.8, 4) is 17.1 Å². The maximum atomic E-state index is 6.25. The van der Waals surface area contributed by atoms with E-state index in [0.29, 0.717) is 26.6 Å². The topological polar surface area (TPSA) is 43.6 Å². The molecule has 0 saturated carbocycles. The summed E-state index contributed by atoms with van der Waals surface area (Å²) in [5, 5.41) is 11.2. The Hall–Kier alpha value is -2.05. The minimum Gasteiger partial charge on any atom is -0.270 e. The first-order chi connectivity index (χ1) is 13.6. The van der Waals surface area contributed by atoms with Crippen LogP contribution in [0.3, 0.4) is 0 Å². The smallest absolute Gasteiger partial charge is 0.196 e. The third kappa shape index (κ3) is 4.18. The van der Waals surface area contributed by atoms with Gasteiger partial charge in [0.1, 0.15) is 0 Å². The molecule has 4 aromatic rings. The molecule has 0 aliphatic rings. The molecule has 0 atom stereocenters. The van der Waals surface area contributed by atoms with Crippen LogP contribution in [0.4, 0.5) is 0 Å². The first kappa shape index (κ1) is 19.3. The van der Waals surface area contributed by atoms with Crippen LogP contribution >= 0.6 is 46.6 Å². The Morgan fingerprint density at radius 2 is 1.79 bits per heavy atom. The number of thioether (sulfide) groups is 1. The van der Waals surface area contributed by atoms with Crippen molar-refractivity contribution in [2.45, 2.75) is 10.9 Å². The first-order valence-corrected chi connectivity index (χ1v) is 10.4. The van der Waals surface area contributed by atoms with Gasteiger partial charge < -0.3 is 0 Å². The van der Waals surface area contributed by atoms with E-state index in [4.69, 9.17) is 34.8 Å². The molecule has 0 unspecified atom stereocenters. The molecule has 0 N–H and O–H groups in total. The van der Waals surface area contributed by atoms with Gasteiger partial charge in [-0.2, -0.15) is 0 Å². The highest BCUT2D eigenvalue weighted by molar-refractivity contribution is 7.98. The summed E-state index contributed by atoms with van der Waals surface area (Å²) in [6, 6.07) is 17.0. The summed E-state index contributed by atoms with van der Waals surface area (Å²) >= 11 is 20.0.